The van der Waals surface area contributed by atoms with Gasteiger partial charge in [-0.15, -0.1) is 0 Å². The lowest BCUT2D eigenvalue weighted by molar-refractivity contribution is 0.0819. The molecule has 9 heteroatoms. The number of carbonyl (C=O) groups excluding carboxylic acids is 1. The summed E-state index contributed by atoms with van der Waals surface area (Å²) in [4.78, 5) is 14.7. The van der Waals surface area contributed by atoms with Crippen LogP contribution in [-0.2, 0) is 21.4 Å². The molecule has 168 valence electrons. The molecule has 1 N–H and O–H groups in total. The molecule has 0 aromatic heterocycles. The molecule has 2 aromatic carbocycles. The number of carbonyl (C=O) groups is 1. The van der Waals surface area contributed by atoms with Gasteiger partial charge in [-0.2, -0.15) is 8.42 Å². The molecule has 1 aliphatic rings. The fraction of sp³-hybridized carbons (Fsp3) is 0.409. The van der Waals surface area contributed by atoms with Crippen LogP contribution in [0.3, 0.4) is 0 Å². The zero-order chi connectivity index (χ0) is 22.3. The van der Waals surface area contributed by atoms with E-state index in [1.807, 2.05) is 19.1 Å². The Balaban J connectivity index is 1.68. The fourth-order valence-corrected chi connectivity index (χ4v) is 3.76. The summed E-state index contributed by atoms with van der Waals surface area (Å²) in [5, 5.41) is 2.92. The molecule has 1 atom stereocenters. The summed E-state index contributed by atoms with van der Waals surface area (Å²) in [6.45, 7) is 4.01. The minimum Gasteiger partial charge on any atom is -0.494 e. The van der Waals surface area contributed by atoms with E-state index < -0.39 is 10.1 Å². The van der Waals surface area contributed by atoms with Crippen LogP contribution in [0.5, 0.6) is 11.5 Å². The average Bonchev–Trinajstić information content (AvgIpc) is 3.23. The van der Waals surface area contributed by atoms with E-state index in [2.05, 4.69) is 5.32 Å². The number of hydrogen-bond acceptors (Lipinski definition) is 6. The molecule has 0 spiro atoms. The highest BCUT2D eigenvalue weighted by molar-refractivity contribution is 7.86. The summed E-state index contributed by atoms with van der Waals surface area (Å²) < 4.78 is 38.6. The van der Waals surface area contributed by atoms with Crippen LogP contribution in [0.2, 0.25) is 0 Å². The molecule has 1 aliphatic heterocycles. The largest absolute Gasteiger partial charge is 0.494 e. The lowest BCUT2D eigenvalue weighted by Crippen LogP contribution is -2.39. The number of benzene rings is 2. The van der Waals surface area contributed by atoms with Crippen LogP contribution >= 0.6 is 0 Å². The molecule has 0 radical (unpaired) electrons. The molecule has 1 fully saturated rings. The smallest absolute Gasteiger partial charge is 0.322 e. The molecule has 2 amide bonds. The third-order valence-corrected chi connectivity index (χ3v) is 5.19. The molecular formula is C22H28N2O6S. The van der Waals surface area contributed by atoms with Crippen LogP contribution in [0.4, 0.5) is 10.5 Å². The van der Waals surface area contributed by atoms with Gasteiger partial charge < -0.3 is 23.9 Å². The molecular weight excluding hydrogens is 420 g/mol. The van der Waals surface area contributed by atoms with Gasteiger partial charge in [0.1, 0.15) is 11.5 Å². The van der Waals surface area contributed by atoms with Crippen LogP contribution in [-0.4, -0.2) is 51.5 Å². The summed E-state index contributed by atoms with van der Waals surface area (Å²) in [6, 6.07) is 13.6. The molecule has 1 saturated heterocycles. The highest BCUT2D eigenvalue weighted by Gasteiger charge is 2.23. The predicted octanol–water partition coefficient (Wildman–Crippen LogP) is 3.64. The molecule has 1 heterocycles. The van der Waals surface area contributed by atoms with Gasteiger partial charge in [-0.05, 0) is 61.7 Å². The Bertz CT molecular complexity index is 955. The predicted molar refractivity (Wildman–Crippen MR) is 118 cm³/mol. The summed E-state index contributed by atoms with van der Waals surface area (Å²) >= 11 is 0. The van der Waals surface area contributed by atoms with Gasteiger partial charge in [0.25, 0.3) is 0 Å². The number of anilines is 1. The first-order valence-electron chi connectivity index (χ1n) is 10.2. The van der Waals surface area contributed by atoms with E-state index in [9.17, 15) is 13.2 Å². The Morgan fingerprint density at radius 1 is 1.13 bits per heavy atom. The van der Waals surface area contributed by atoms with Crippen molar-refractivity contribution in [3.63, 3.8) is 0 Å². The van der Waals surface area contributed by atoms with Crippen molar-refractivity contribution < 1.29 is 26.9 Å². The minimum absolute atomic E-state index is 0.000999. The van der Waals surface area contributed by atoms with Gasteiger partial charge >= 0.3 is 16.1 Å². The molecule has 3 rings (SSSR count). The zero-order valence-electron chi connectivity index (χ0n) is 17.7. The van der Waals surface area contributed by atoms with E-state index in [-0.39, 0.29) is 17.9 Å². The highest BCUT2D eigenvalue weighted by atomic mass is 32.2. The van der Waals surface area contributed by atoms with E-state index in [4.69, 9.17) is 13.7 Å². The van der Waals surface area contributed by atoms with E-state index in [0.29, 0.717) is 32.0 Å². The van der Waals surface area contributed by atoms with Gasteiger partial charge in [0.05, 0.1) is 19.0 Å². The van der Waals surface area contributed by atoms with Crippen molar-refractivity contribution in [3.05, 3.63) is 54.1 Å². The first kappa shape index (κ1) is 22.9. The highest BCUT2D eigenvalue weighted by Crippen LogP contribution is 2.20. The third-order valence-electron chi connectivity index (χ3n) is 4.70. The van der Waals surface area contributed by atoms with Gasteiger partial charge in [0, 0.05) is 25.4 Å². The Morgan fingerprint density at radius 3 is 2.39 bits per heavy atom. The van der Waals surface area contributed by atoms with Crippen molar-refractivity contribution >= 4 is 21.8 Å². The first-order chi connectivity index (χ1) is 14.8. The maximum atomic E-state index is 13.0. The summed E-state index contributed by atoms with van der Waals surface area (Å²) in [6.07, 6.45) is 2.89. The van der Waals surface area contributed by atoms with Crippen molar-refractivity contribution in [1.82, 2.24) is 4.90 Å². The molecule has 0 aliphatic carbocycles. The zero-order valence-corrected chi connectivity index (χ0v) is 18.6. The van der Waals surface area contributed by atoms with Crippen molar-refractivity contribution in [1.29, 1.82) is 0 Å². The van der Waals surface area contributed by atoms with E-state index >= 15 is 0 Å². The summed E-state index contributed by atoms with van der Waals surface area (Å²) in [5.74, 6) is 0.976. The second-order valence-corrected chi connectivity index (χ2v) is 8.91. The van der Waals surface area contributed by atoms with Crippen molar-refractivity contribution in [2.75, 3.05) is 31.3 Å². The van der Waals surface area contributed by atoms with E-state index in [1.165, 1.54) is 0 Å². The van der Waals surface area contributed by atoms with Crippen LogP contribution in [0.1, 0.15) is 25.3 Å². The summed E-state index contributed by atoms with van der Waals surface area (Å²) in [5.41, 5.74) is 1.52. The van der Waals surface area contributed by atoms with Gasteiger partial charge in [-0.3, -0.25) is 0 Å². The Labute approximate surface area is 183 Å². The van der Waals surface area contributed by atoms with Crippen molar-refractivity contribution in [3.8, 4) is 11.5 Å². The number of ether oxygens (including phenoxy) is 2. The lowest BCUT2D eigenvalue weighted by atomic mass is 10.2. The van der Waals surface area contributed by atoms with Gasteiger partial charge in [-0.1, -0.05) is 12.1 Å². The van der Waals surface area contributed by atoms with Crippen LogP contribution in [0, 0.1) is 0 Å². The van der Waals surface area contributed by atoms with E-state index in [0.717, 1.165) is 30.4 Å². The van der Waals surface area contributed by atoms with Crippen LogP contribution < -0.4 is 14.2 Å². The summed E-state index contributed by atoms with van der Waals surface area (Å²) in [7, 11) is -3.58. The number of hydrogen-bond donors (Lipinski definition) is 1. The number of amides is 2. The second kappa shape index (κ2) is 10.5. The average molecular weight is 449 g/mol. The van der Waals surface area contributed by atoms with Gasteiger partial charge in [0.15, 0.2) is 0 Å². The number of nitrogens with one attached hydrogen (secondary N) is 1. The maximum Gasteiger partial charge on any atom is 0.322 e. The molecule has 0 saturated carbocycles. The molecule has 31 heavy (non-hydrogen) atoms. The van der Waals surface area contributed by atoms with Crippen molar-refractivity contribution in [2.24, 2.45) is 0 Å². The lowest BCUT2D eigenvalue weighted by Gasteiger charge is -2.26. The minimum atomic E-state index is -3.58. The Kier molecular flexibility index (Phi) is 7.75. The molecule has 0 bridgehead atoms. The van der Waals surface area contributed by atoms with Gasteiger partial charge in [-0.25, -0.2) is 4.79 Å². The molecule has 2 aromatic rings. The Morgan fingerprint density at radius 2 is 1.81 bits per heavy atom. The normalized spacial score (nSPS) is 16.0. The van der Waals surface area contributed by atoms with E-state index in [1.54, 1.807) is 41.3 Å². The third kappa shape index (κ3) is 7.45. The first-order valence-corrected chi connectivity index (χ1v) is 12.0. The second-order valence-electron chi connectivity index (χ2n) is 7.33. The molecule has 8 nitrogen and oxygen atoms in total. The number of nitrogens with zero attached hydrogens (tertiary/aromatic N) is 1. The monoisotopic (exact) mass is 448 g/mol. The van der Waals surface area contributed by atoms with Gasteiger partial charge in [0.2, 0.25) is 0 Å². The quantitative estimate of drug-likeness (QED) is 0.589. The van der Waals surface area contributed by atoms with Crippen molar-refractivity contribution in [2.45, 2.75) is 32.4 Å². The van der Waals surface area contributed by atoms with Crippen LogP contribution in [0.15, 0.2) is 48.5 Å². The number of rotatable bonds is 9. The fourth-order valence-electron chi connectivity index (χ4n) is 3.30. The SMILES string of the molecule is CCOc1ccc(NC(=O)N(Cc2ccc(OS(C)(=O)=O)cc2)CC2CCCO2)cc1. The van der Waals surface area contributed by atoms with Crippen LogP contribution in [0.25, 0.3) is 0 Å². The number of urea groups is 1. The Hall–Kier alpha value is -2.78. The topological polar surface area (TPSA) is 94.2 Å². The maximum absolute atomic E-state index is 13.0. The molecule has 1 unspecified atom stereocenters. The standard InChI is InChI=1S/C22H28N2O6S/c1-3-28-19-12-8-18(9-13-19)23-22(25)24(16-21-5-4-14-29-21)15-17-6-10-20(11-7-17)30-31(2,26)27/h6-13,21H,3-5,14-16H2,1-2H3,(H,23,25).